The SMILES string of the molecule is Cc1cn2ccc(C)c(N)c2n1.Cl.Cl. The molecule has 0 atom stereocenters. The molecule has 0 unspecified atom stereocenters. The summed E-state index contributed by atoms with van der Waals surface area (Å²) in [5.41, 5.74) is 9.54. The van der Waals surface area contributed by atoms with E-state index < -0.39 is 0 Å². The van der Waals surface area contributed by atoms with Crippen molar-refractivity contribution in [3.05, 3.63) is 29.7 Å². The number of aromatic nitrogens is 2. The van der Waals surface area contributed by atoms with Gasteiger partial charge in [-0.15, -0.1) is 24.8 Å². The molecule has 3 nitrogen and oxygen atoms in total. The number of fused-ring (bicyclic) bond motifs is 1. The number of rotatable bonds is 0. The van der Waals surface area contributed by atoms with Crippen LogP contribution in [0.4, 0.5) is 5.69 Å². The molecule has 0 amide bonds. The summed E-state index contributed by atoms with van der Waals surface area (Å²) in [6.45, 7) is 3.95. The number of nitrogens with two attached hydrogens (primary N) is 1. The maximum atomic E-state index is 5.85. The molecule has 0 aromatic carbocycles. The molecule has 2 N–H and O–H groups in total. The fourth-order valence-electron chi connectivity index (χ4n) is 1.29. The molecule has 0 aliphatic rings. The first-order valence-electron chi connectivity index (χ1n) is 3.89. The zero-order valence-electron chi connectivity index (χ0n) is 8.02. The molecule has 0 aliphatic heterocycles. The molecule has 0 fully saturated rings. The van der Waals surface area contributed by atoms with E-state index in [0.717, 1.165) is 22.6 Å². The van der Waals surface area contributed by atoms with Crippen LogP contribution in [-0.2, 0) is 0 Å². The Morgan fingerprint density at radius 2 is 1.93 bits per heavy atom. The highest BCUT2D eigenvalue weighted by atomic mass is 35.5. The summed E-state index contributed by atoms with van der Waals surface area (Å²) in [5, 5.41) is 0. The summed E-state index contributed by atoms with van der Waals surface area (Å²) in [7, 11) is 0. The van der Waals surface area contributed by atoms with Crippen LogP contribution >= 0.6 is 24.8 Å². The van der Waals surface area contributed by atoms with Gasteiger partial charge in [0.25, 0.3) is 0 Å². The van der Waals surface area contributed by atoms with Crippen molar-refractivity contribution in [3.63, 3.8) is 0 Å². The van der Waals surface area contributed by atoms with Crippen LogP contribution in [0.5, 0.6) is 0 Å². The van der Waals surface area contributed by atoms with Crippen LogP contribution in [0.25, 0.3) is 5.65 Å². The van der Waals surface area contributed by atoms with Gasteiger partial charge in [0.05, 0.1) is 11.4 Å². The maximum absolute atomic E-state index is 5.85. The van der Waals surface area contributed by atoms with E-state index in [2.05, 4.69) is 4.98 Å². The molecule has 2 heterocycles. The summed E-state index contributed by atoms with van der Waals surface area (Å²) < 4.78 is 1.94. The average molecular weight is 234 g/mol. The molecule has 0 bridgehead atoms. The highest BCUT2D eigenvalue weighted by Gasteiger charge is 2.02. The van der Waals surface area contributed by atoms with Gasteiger partial charge in [-0.05, 0) is 25.5 Å². The van der Waals surface area contributed by atoms with Crippen molar-refractivity contribution in [2.75, 3.05) is 5.73 Å². The van der Waals surface area contributed by atoms with E-state index in [9.17, 15) is 0 Å². The molecule has 5 heteroatoms. The number of anilines is 1. The van der Waals surface area contributed by atoms with Gasteiger partial charge in [0.1, 0.15) is 0 Å². The van der Waals surface area contributed by atoms with Crippen LogP contribution in [0.2, 0.25) is 0 Å². The van der Waals surface area contributed by atoms with Crippen LogP contribution in [0.15, 0.2) is 18.5 Å². The Hall–Kier alpha value is -0.930. The topological polar surface area (TPSA) is 43.3 Å². The number of aryl methyl sites for hydroxylation is 2. The van der Waals surface area contributed by atoms with Crippen molar-refractivity contribution >= 4 is 36.1 Å². The number of nitrogen functional groups attached to an aromatic ring is 1. The van der Waals surface area contributed by atoms with Crippen molar-refractivity contribution in [1.29, 1.82) is 0 Å². The summed E-state index contributed by atoms with van der Waals surface area (Å²) in [4.78, 5) is 4.31. The quantitative estimate of drug-likeness (QED) is 0.760. The third-order valence-corrected chi connectivity index (χ3v) is 2.00. The number of pyridine rings is 1. The Morgan fingerprint density at radius 1 is 1.29 bits per heavy atom. The molecule has 2 aromatic heterocycles. The van der Waals surface area contributed by atoms with Gasteiger partial charge < -0.3 is 10.1 Å². The Morgan fingerprint density at radius 3 is 2.57 bits per heavy atom. The van der Waals surface area contributed by atoms with E-state index in [1.54, 1.807) is 0 Å². The number of halogens is 2. The molecule has 2 rings (SSSR count). The number of hydrogen-bond acceptors (Lipinski definition) is 2. The van der Waals surface area contributed by atoms with Crippen LogP contribution < -0.4 is 5.73 Å². The monoisotopic (exact) mass is 233 g/mol. The Labute approximate surface area is 95.1 Å². The molecule has 0 spiro atoms. The highest BCUT2D eigenvalue weighted by molar-refractivity contribution is 5.85. The molecule has 0 saturated heterocycles. The summed E-state index contributed by atoms with van der Waals surface area (Å²) in [6, 6.07) is 1.99. The molecular formula is C9H13Cl2N3. The van der Waals surface area contributed by atoms with Gasteiger partial charge in [-0.3, -0.25) is 0 Å². The standard InChI is InChI=1S/C9H11N3.2ClH/c1-6-3-4-12-5-7(2)11-9(12)8(6)10;;/h3-5H,10H2,1-2H3;2*1H. The molecule has 14 heavy (non-hydrogen) atoms. The van der Waals surface area contributed by atoms with Crippen LogP contribution in [0.1, 0.15) is 11.3 Å². The maximum Gasteiger partial charge on any atom is 0.160 e. The van der Waals surface area contributed by atoms with E-state index in [-0.39, 0.29) is 24.8 Å². The molecule has 0 aliphatic carbocycles. The number of hydrogen-bond donors (Lipinski definition) is 1. The van der Waals surface area contributed by atoms with E-state index in [4.69, 9.17) is 5.73 Å². The molecule has 2 aromatic rings. The predicted molar refractivity (Wildman–Crippen MR) is 63.6 cm³/mol. The second-order valence-electron chi connectivity index (χ2n) is 3.03. The van der Waals surface area contributed by atoms with Crippen molar-refractivity contribution in [2.45, 2.75) is 13.8 Å². The predicted octanol–water partition coefficient (Wildman–Crippen LogP) is 2.38. The van der Waals surface area contributed by atoms with Gasteiger partial charge in [-0.2, -0.15) is 0 Å². The lowest BCUT2D eigenvalue weighted by Gasteiger charge is -2.00. The first-order valence-corrected chi connectivity index (χ1v) is 3.89. The van der Waals surface area contributed by atoms with Crippen LogP contribution in [0, 0.1) is 13.8 Å². The normalized spacial score (nSPS) is 9.29. The summed E-state index contributed by atoms with van der Waals surface area (Å²) in [6.07, 6.45) is 3.94. The Bertz CT molecular complexity index is 437. The van der Waals surface area contributed by atoms with Gasteiger partial charge >= 0.3 is 0 Å². The van der Waals surface area contributed by atoms with E-state index in [0.29, 0.717) is 0 Å². The Kier molecular flexibility index (Phi) is 4.23. The second kappa shape index (κ2) is 4.53. The van der Waals surface area contributed by atoms with Crippen molar-refractivity contribution in [1.82, 2.24) is 9.38 Å². The Balaban J connectivity index is 0.000000845. The lowest BCUT2D eigenvalue weighted by molar-refractivity contribution is 1.17. The van der Waals surface area contributed by atoms with Crippen LogP contribution in [-0.4, -0.2) is 9.38 Å². The molecule has 0 radical (unpaired) electrons. The van der Waals surface area contributed by atoms with Crippen molar-refractivity contribution < 1.29 is 0 Å². The fourth-order valence-corrected chi connectivity index (χ4v) is 1.29. The number of nitrogens with zero attached hydrogens (tertiary/aromatic N) is 2. The third-order valence-electron chi connectivity index (χ3n) is 2.00. The smallest absolute Gasteiger partial charge is 0.160 e. The minimum absolute atomic E-state index is 0. The first kappa shape index (κ1) is 13.1. The largest absolute Gasteiger partial charge is 0.395 e. The van der Waals surface area contributed by atoms with Crippen LogP contribution in [0.3, 0.4) is 0 Å². The van der Waals surface area contributed by atoms with E-state index >= 15 is 0 Å². The summed E-state index contributed by atoms with van der Waals surface area (Å²) in [5.74, 6) is 0. The lowest BCUT2D eigenvalue weighted by Crippen LogP contribution is -1.94. The van der Waals surface area contributed by atoms with E-state index in [1.807, 2.05) is 36.7 Å². The minimum atomic E-state index is 0. The van der Waals surface area contributed by atoms with Gasteiger partial charge in [0.15, 0.2) is 5.65 Å². The third kappa shape index (κ3) is 1.94. The molecule has 78 valence electrons. The van der Waals surface area contributed by atoms with Gasteiger partial charge in [-0.25, -0.2) is 4.98 Å². The number of imidazole rings is 1. The lowest BCUT2D eigenvalue weighted by atomic mass is 10.2. The second-order valence-corrected chi connectivity index (χ2v) is 3.03. The first-order chi connectivity index (χ1) is 5.68. The van der Waals surface area contributed by atoms with Gasteiger partial charge in [-0.1, -0.05) is 0 Å². The van der Waals surface area contributed by atoms with Gasteiger partial charge in [0, 0.05) is 12.4 Å². The summed E-state index contributed by atoms with van der Waals surface area (Å²) >= 11 is 0. The average Bonchev–Trinajstić information content (AvgIpc) is 2.39. The molecular weight excluding hydrogens is 221 g/mol. The van der Waals surface area contributed by atoms with Gasteiger partial charge in [0.2, 0.25) is 0 Å². The molecule has 0 saturated carbocycles. The van der Waals surface area contributed by atoms with E-state index in [1.165, 1.54) is 0 Å². The minimum Gasteiger partial charge on any atom is -0.395 e. The zero-order valence-corrected chi connectivity index (χ0v) is 9.65. The highest BCUT2D eigenvalue weighted by Crippen LogP contribution is 2.16. The zero-order chi connectivity index (χ0) is 8.72. The van der Waals surface area contributed by atoms with Crippen molar-refractivity contribution in [3.8, 4) is 0 Å². The van der Waals surface area contributed by atoms with Crippen molar-refractivity contribution in [2.24, 2.45) is 0 Å². The fraction of sp³-hybridized carbons (Fsp3) is 0.222.